The van der Waals surface area contributed by atoms with E-state index in [0.29, 0.717) is 5.02 Å². The molecule has 0 aliphatic rings. The number of rotatable bonds is 1. The number of amides is 1. The molecule has 1 rings (SSSR count). The summed E-state index contributed by atoms with van der Waals surface area (Å²) in [7, 11) is 0. The highest BCUT2D eigenvalue weighted by Crippen LogP contribution is 2.37. The van der Waals surface area contributed by atoms with Crippen molar-refractivity contribution in [3.63, 3.8) is 0 Å². The summed E-state index contributed by atoms with van der Waals surface area (Å²) in [6, 6.07) is 2.92. The van der Waals surface area contributed by atoms with E-state index < -0.39 is 0 Å². The minimum atomic E-state index is -0.377. The first-order chi connectivity index (χ1) is 6.43. The zero-order valence-corrected chi connectivity index (χ0v) is 10.0. The molecule has 0 saturated heterocycles. The second-order valence-electron chi connectivity index (χ2n) is 2.52. The topological polar surface area (TPSA) is 20.3 Å². The van der Waals surface area contributed by atoms with Crippen LogP contribution in [-0.2, 0) is 4.79 Å². The van der Waals surface area contributed by atoms with Crippen molar-refractivity contribution in [3.05, 3.63) is 27.2 Å². The highest BCUT2D eigenvalue weighted by Gasteiger charge is 2.16. The Balaban J connectivity index is 3.27. The summed E-state index contributed by atoms with van der Waals surface area (Å²) >= 11 is 23.0. The number of halogens is 4. The SMILES string of the molecule is CC(=O)N(Cl)c1c(Cl)cc(Cl)cc1Cl. The Morgan fingerprint density at radius 3 is 2.00 bits per heavy atom. The quantitative estimate of drug-likeness (QED) is 0.703. The Labute approximate surface area is 101 Å². The third kappa shape index (κ3) is 2.45. The average Bonchev–Trinajstić information content (AvgIpc) is 2.01. The van der Waals surface area contributed by atoms with E-state index in [1.165, 1.54) is 19.1 Å². The molecule has 6 heteroatoms. The molecule has 0 N–H and O–H groups in total. The zero-order chi connectivity index (χ0) is 10.9. The smallest absolute Gasteiger partial charge is 0.238 e. The minimum Gasteiger partial charge on any atom is -0.274 e. The van der Waals surface area contributed by atoms with Crippen LogP contribution in [0.5, 0.6) is 0 Å². The number of carbonyl (C=O) groups is 1. The van der Waals surface area contributed by atoms with Crippen molar-refractivity contribution in [2.24, 2.45) is 0 Å². The van der Waals surface area contributed by atoms with E-state index in [1.807, 2.05) is 0 Å². The van der Waals surface area contributed by atoms with Gasteiger partial charge in [-0.3, -0.25) is 4.79 Å². The van der Waals surface area contributed by atoms with Crippen LogP contribution in [0, 0.1) is 0 Å². The standard InChI is InChI=1S/C8H5Cl4NO/c1-4(14)13(12)8-6(10)2-5(9)3-7(8)11/h2-3H,1H3. The van der Waals surface area contributed by atoms with E-state index in [1.54, 1.807) is 0 Å². The van der Waals surface area contributed by atoms with E-state index in [-0.39, 0.29) is 21.6 Å². The van der Waals surface area contributed by atoms with E-state index >= 15 is 0 Å². The summed E-state index contributed by atoms with van der Waals surface area (Å²) in [6.45, 7) is 1.30. The maximum Gasteiger partial charge on any atom is 0.238 e. The summed E-state index contributed by atoms with van der Waals surface area (Å²) < 4.78 is 0.848. The number of benzene rings is 1. The van der Waals surface area contributed by atoms with E-state index in [2.05, 4.69) is 0 Å². The monoisotopic (exact) mass is 271 g/mol. The number of hydrogen-bond acceptors (Lipinski definition) is 1. The van der Waals surface area contributed by atoms with Crippen LogP contribution >= 0.6 is 46.6 Å². The highest BCUT2D eigenvalue weighted by molar-refractivity contribution is 6.46. The highest BCUT2D eigenvalue weighted by atomic mass is 35.5. The molecule has 76 valence electrons. The van der Waals surface area contributed by atoms with Crippen molar-refractivity contribution in [2.75, 3.05) is 4.42 Å². The lowest BCUT2D eigenvalue weighted by Gasteiger charge is -2.14. The summed E-state index contributed by atoms with van der Waals surface area (Å²) in [6.07, 6.45) is 0. The van der Waals surface area contributed by atoms with E-state index in [0.717, 1.165) is 4.42 Å². The molecule has 2 nitrogen and oxygen atoms in total. The van der Waals surface area contributed by atoms with Crippen molar-refractivity contribution >= 4 is 58.2 Å². The van der Waals surface area contributed by atoms with Gasteiger partial charge in [-0.25, -0.2) is 4.42 Å². The second-order valence-corrected chi connectivity index (χ2v) is 4.11. The molecule has 14 heavy (non-hydrogen) atoms. The van der Waals surface area contributed by atoms with Gasteiger partial charge in [0.1, 0.15) is 0 Å². The Morgan fingerprint density at radius 2 is 1.64 bits per heavy atom. The van der Waals surface area contributed by atoms with Gasteiger partial charge >= 0.3 is 0 Å². The average molecular weight is 273 g/mol. The van der Waals surface area contributed by atoms with Gasteiger partial charge in [-0.2, -0.15) is 0 Å². The normalized spacial score (nSPS) is 10.1. The fourth-order valence-electron chi connectivity index (χ4n) is 0.880. The van der Waals surface area contributed by atoms with Crippen molar-refractivity contribution in [3.8, 4) is 0 Å². The molecule has 0 aliphatic heterocycles. The fourth-order valence-corrected chi connectivity index (χ4v) is 2.13. The van der Waals surface area contributed by atoms with Crippen LogP contribution in [0.4, 0.5) is 5.69 Å². The summed E-state index contributed by atoms with van der Waals surface area (Å²) in [4.78, 5) is 11.0. The molecule has 1 amide bonds. The lowest BCUT2D eigenvalue weighted by molar-refractivity contribution is -0.115. The molecule has 0 saturated carbocycles. The Bertz CT molecular complexity index is 357. The van der Waals surface area contributed by atoms with Crippen molar-refractivity contribution < 1.29 is 4.79 Å². The van der Waals surface area contributed by atoms with Crippen molar-refractivity contribution in [1.29, 1.82) is 0 Å². The first kappa shape index (κ1) is 11.9. The number of anilines is 1. The zero-order valence-electron chi connectivity index (χ0n) is 7.02. The van der Waals surface area contributed by atoms with Gasteiger partial charge in [0.2, 0.25) is 5.91 Å². The lowest BCUT2D eigenvalue weighted by Crippen LogP contribution is -2.17. The van der Waals surface area contributed by atoms with Crippen LogP contribution in [0.1, 0.15) is 6.92 Å². The summed E-state index contributed by atoms with van der Waals surface area (Å²) in [5.74, 6) is -0.377. The number of nitrogens with zero attached hydrogens (tertiary/aromatic N) is 1. The predicted molar refractivity (Wildman–Crippen MR) is 60.5 cm³/mol. The first-order valence-electron chi connectivity index (χ1n) is 3.54. The molecule has 0 radical (unpaired) electrons. The maximum atomic E-state index is 11.0. The van der Waals surface area contributed by atoms with Crippen LogP contribution in [0.3, 0.4) is 0 Å². The summed E-state index contributed by atoms with van der Waals surface area (Å²) in [5, 5.41) is 0.845. The van der Waals surface area contributed by atoms with E-state index in [4.69, 9.17) is 46.6 Å². The molecule has 0 bridgehead atoms. The van der Waals surface area contributed by atoms with Gasteiger partial charge in [0, 0.05) is 23.7 Å². The Hall–Kier alpha value is -0.150. The van der Waals surface area contributed by atoms with E-state index in [9.17, 15) is 4.79 Å². The maximum absolute atomic E-state index is 11.0. The van der Waals surface area contributed by atoms with Gasteiger partial charge < -0.3 is 0 Å². The minimum absolute atomic E-state index is 0.229. The van der Waals surface area contributed by atoms with Gasteiger partial charge in [0.25, 0.3) is 0 Å². The van der Waals surface area contributed by atoms with Crippen molar-refractivity contribution in [2.45, 2.75) is 6.92 Å². The Morgan fingerprint density at radius 1 is 1.21 bits per heavy atom. The third-order valence-electron chi connectivity index (χ3n) is 1.45. The lowest BCUT2D eigenvalue weighted by atomic mass is 10.3. The van der Waals surface area contributed by atoms with Gasteiger partial charge in [-0.05, 0) is 12.1 Å². The van der Waals surface area contributed by atoms with Gasteiger partial charge in [0.15, 0.2) is 0 Å². The molecule has 1 aromatic carbocycles. The van der Waals surface area contributed by atoms with Gasteiger partial charge in [-0.1, -0.05) is 34.8 Å². The second kappa shape index (κ2) is 4.58. The first-order valence-corrected chi connectivity index (χ1v) is 5.01. The molecule has 0 heterocycles. The third-order valence-corrected chi connectivity index (χ3v) is 2.66. The molecular weight excluding hydrogens is 268 g/mol. The molecular formula is C8H5Cl4NO. The van der Waals surface area contributed by atoms with Crippen LogP contribution in [0.2, 0.25) is 15.1 Å². The Kier molecular flexibility index (Phi) is 3.90. The summed E-state index contributed by atoms with van der Waals surface area (Å²) in [5.41, 5.74) is 0.243. The van der Waals surface area contributed by atoms with Crippen LogP contribution in [-0.4, -0.2) is 5.91 Å². The molecule has 1 aromatic rings. The van der Waals surface area contributed by atoms with Gasteiger partial charge in [-0.15, -0.1) is 0 Å². The molecule has 0 aromatic heterocycles. The van der Waals surface area contributed by atoms with Crippen LogP contribution < -0.4 is 4.42 Å². The predicted octanol–water partition coefficient (Wildman–Crippen LogP) is 4.15. The molecule has 0 spiro atoms. The van der Waals surface area contributed by atoms with Gasteiger partial charge in [0.05, 0.1) is 15.7 Å². The largest absolute Gasteiger partial charge is 0.274 e. The number of carbonyl (C=O) groups excluding carboxylic acids is 1. The fraction of sp³-hybridized carbons (Fsp3) is 0.125. The molecule has 0 unspecified atom stereocenters. The van der Waals surface area contributed by atoms with Crippen LogP contribution in [0.25, 0.3) is 0 Å². The van der Waals surface area contributed by atoms with Crippen LogP contribution in [0.15, 0.2) is 12.1 Å². The molecule has 0 aliphatic carbocycles. The number of hydrogen-bond donors (Lipinski definition) is 0. The molecule has 0 fully saturated rings. The van der Waals surface area contributed by atoms with Crippen molar-refractivity contribution in [1.82, 2.24) is 0 Å². The molecule has 0 atom stereocenters.